The van der Waals surface area contributed by atoms with E-state index < -0.39 is 6.10 Å². The van der Waals surface area contributed by atoms with Crippen molar-refractivity contribution in [1.82, 2.24) is 9.59 Å². The molecule has 1 aromatic carbocycles. The maximum absolute atomic E-state index is 9.85. The molecule has 0 saturated carbocycles. The van der Waals surface area contributed by atoms with Gasteiger partial charge in [0.2, 0.25) is 0 Å². The number of aromatic nitrogens is 2. The number of rotatable bonds is 3. The summed E-state index contributed by atoms with van der Waals surface area (Å²) in [6.07, 6.45) is -0.210. The van der Waals surface area contributed by atoms with Crippen LogP contribution in [0.15, 0.2) is 23.6 Å². The molecule has 0 spiro atoms. The zero-order valence-electron chi connectivity index (χ0n) is 8.10. The molecule has 0 bridgehead atoms. The Morgan fingerprint density at radius 3 is 2.75 bits per heavy atom. The summed E-state index contributed by atoms with van der Waals surface area (Å²) < 4.78 is 3.70. The Morgan fingerprint density at radius 2 is 2.12 bits per heavy atom. The van der Waals surface area contributed by atoms with Crippen molar-refractivity contribution in [2.24, 2.45) is 0 Å². The maximum atomic E-state index is 9.85. The molecule has 0 radical (unpaired) electrons. The van der Waals surface area contributed by atoms with Crippen LogP contribution in [0.2, 0.25) is 10.0 Å². The van der Waals surface area contributed by atoms with Crippen LogP contribution in [0.1, 0.15) is 17.4 Å². The lowest BCUT2D eigenvalue weighted by atomic mass is 10.1. The summed E-state index contributed by atoms with van der Waals surface area (Å²) in [6.45, 7) is 0. The lowest BCUT2D eigenvalue weighted by Crippen LogP contribution is -2.02. The molecule has 0 fully saturated rings. The second-order valence-corrected chi connectivity index (χ2v) is 4.72. The molecule has 0 aliphatic rings. The lowest BCUT2D eigenvalue weighted by Gasteiger charge is -2.07. The minimum atomic E-state index is -0.656. The van der Waals surface area contributed by atoms with Crippen molar-refractivity contribution in [3.8, 4) is 0 Å². The van der Waals surface area contributed by atoms with Crippen LogP contribution in [-0.4, -0.2) is 14.7 Å². The molecule has 0 aliphatic heterocycles. The number of halogens is 2. The molecule has 1 atom stereocenters. The highest BCUT2D eigenvalue weighted by Gasteiger charge is 2.12. The average molecular weight is 275 g/mol. The van der Waals surface area contributed by atoms with E-state index in [-0.39, 0.29) is 0 Å². The number of aliphatic hydroxyl groups excluding tert-OH is 1. The van der Waals surface area contributed by atoms with E-state index in [1.54, 1.807) is 17.5 Å². The van der Waals surface area contributed by atoms with Crippen molar-refractivity contribution >= 4 is 34.7 Å². The molecule has 1 heterocycles. The third kappa shape index (κ3) is 2.71. The first-order valence-corrected chi connectivity index (χ1v) is 6.15. The quantitative estimate of drug-likeness (QED) is 0.936. The van der Waals surface area contributed by atoms with Crippen LogP contribution in [0, 0.1) is 0 Å². The fraction of sp³-hybridized carbons (Fsp3) is 0.200. The normalized spacial score (nSPS) is 12.7. The number of benzene rings is 1. The highest BCUT2D eigenvalue weighted by Crippen LogP contribution is 2.25. The van der Waals surface area contributed by atoms with Crippen LogP contribution < -0.4 is 0 Å². The van der Waals surface area contributed by atoms with Crippen molar-refractivity contribution in [3.63, 3.8) is 0 Å². The molecule has 3 nitrogen and oxygen atoms in total. The van der Waals surface area contributed by atoms with E-state index in [1.165, 1.54) is 11.5 Å². The summed E-state index contributed by atoms with van der Waals surface area (Å²) in [7, 11) is 0. The molecule has 0 amide bonds. The van der Waals surface area contributed by atoms with Gasteiger partial charge in [0.15, 0.2) is 0 Å². The summed E-state index contributed by atoms with van der Waals surface area (Å²) >= 11 is 12.9. The van der Waals surface area contributed by atoms with Crippen LogP contribution in [0.4, 0.5) is 0 Å². The van der Waals surface area contributed by atoms with Gasteiger partial charge in [0.05, 0.1) is 10.0 Å². The summed E-state index contributed by atoms with van der Waals surface area (Å²) in [5.41, 5.74) is 1.49. The molecule has 2 rings (SSSR count). The first-order chi connectivity index (χ1) is 7.66. The number of aliphatic hydroxyl groups is 1. The minimum Gasteiger partial charge on any atom is -0.386 e. The van der Waals surface area contributed by atoms with Crippen LogP contribution in [0.3, 0.4) is 0 Å². The van der Waals surface area contributed by atoms with Crippen LogP contribution in [0.5, 0.6) is 0 Å². The van der Waals surface area contributed by atoms with E-state index >= 15 is 0 Å². The van der Waals surface area contributed by atoms with Gasteiger partial charge in [-0.3, -0.25) is 0 Å². The SMILES string of the molecule is OC(Cc1ccc(Cl)c(Cl)c1)c1csnn1. The van der Waals surface area contributed by atoms with Gasteiger partial charge in [-0.25, -0.2) is 0 Å². The fourth-order valence-electron chi connectivity index (χ4n) is 1.31. The number of hydrogen-bond donors (Lipinski definition) is 1. The zero-order chi connectivity index (χ0) is 11.5. The Labute approximate surface area is 107 Å². The second-order valence-electron chi connectivity index (χ2n) is 3.30. The Balaban J connectivity index is 2.12. The smallest absolute Gasteiger partial charge is 0.104 e. The van der Waals surface area contributed by atoms with E-state index in [1.807, 2.05) is 6.07 Å². The molecular formula is C10H8Cl2N2OS. The van der Waals surface area contributed by atoms with Crippen LogP contribution in [-0.2, 0) is 6.42 Å². The molecule has 0 saturated heterocycles. The van der Waals surface area contributed by atoms with Crippen LogP contribution >= 0.6 is 34.7 Å². The molecule has 6 heteroatoms. The van der Waals surface area contributed by atoms with E-state index in [0.29, 0.717) is 22.2 Å². The number of nitrogens with zero attached hydrogens (tertiary/aromatic N) is 2. The summed E-state index contributed by atoms with van der Waals surface area (Å²) in [5, 5.41) is 16.4. The van der Waals surface area contributed by atoms with E-state index in [0.717, 1.165) is 5.56 Å². The van der Waals surface area contributed by atoms with Gasteiger partial charge in [-0.15, -0.1) is 5.10 Å². The monoisotopic (exact) mass is 274 g/mol. The third-order valence-electron chi connectivity index (χ3n) is 2.13. The van der Waals surface area contributed by atoms with Gasteiger partial charge in [0.1, 0.15) is 11.8 Å². The molecule has 1 N–H and O–H groups in total. The average Bonchev–Trinajstić information content (AvgIpc) is 2.77. The standard InChI is InChI=1S/C10H8Cl2N2OS/c11-7-2-1-6(3-8(7)12)4-10(15)9-5-16-14-13-9/h1-3,5,10,15H,4H2. The first kappa shape index (κ1) is 11.8. The topological polar surface area (TPSA) is 46.0 Å². The van der Waals surface area contributed by atoms with Gasteiger partial charge < -0.3 is 5.11 Å². The Kier molecular flexibility index (Phi) is 3.76. The second kappa shape index (κ2) is 5.10. The Bertz CT molecular complexity index is 476. The first-order valence-electron chi connectivity index (χ1n) is 4.56. The number of hydrogen-bond acceptors (Lipinski definition) is 4. The predicted molar refractivity (Wildman–Crippen MR) is 65.0 cm³/mol. The molecule has 0 aliphatic carbocycles. The van der Waals surface area contributed by atoms with Gasteiger partial charge in [0.25, 0.3) is 0 Å². The maximum Gasteiger partial charge on any atom is 0.104 e. The van der Waals surface area contributed by atoms with Crippen molar-refractivity contribution in [2.45, 2.75) is 12.5 Å². The van der Waals surface area contributed by atoms with Crippen molar-refractivity contribution in [1.29, 1.82) is 0 Å². The highest BCUT2D eigenvalue weighted by atomic mass is 35.5. The molecule has 2 aromatic rings. The Hall–Kier alpha value is -0.680. The van der Waals surface area contributed by atoms with Crippen molar-refractivity contribution < 1.29 is 5.11 Å². The van der Waals surface area contributed by atoms with Crippen molar-refractivity contribution in [3.05, 3.63) is 44.9 Å². The van der Waals surface area contributed by atoms with Gasteiger partial charge in [-0.1, -0.05) is 33.8 Å². The van der Waals surface area contributed by atoms with Gasteiger partial charge in [-0.2, -0.15) is 0 Å². The molecule has 1 unspecified atom stereocenters. The summed E-state index contributed by atoms with van der Waals surface area (Å²) in [6, 6.07) is 5.29. The minimum absolute atomic E-state index is 0.447. The third-order valence-corrected chi connectivity index (χ3v) is 3.39. The van der Waals surface area contributed by atoms with Gasteiger partial charge >= 0.3 is 0 Å². The van der Waals surface area contributed by atoms with Crippen molar-refractivity contribution in [2.75, 3.05) is 0 Å². The molecule has 84 valence electrons. The highest BCUT2D eigenvalue weighted by molar-refractivity contribution is 7.03. The van der Waals surface area contributed by atoms with Crippen LogP contribution in [0.25, 0.3) is 0 Å². The molecule has 16 heavy (non-hydrogen) atoms. The van der Waals surface area contributed by atoms with E-state index in [4.69, 9.17) is 23.2 Å². The predicted octanol–water partition coefficient (Wildman–Crippen LogP) is 3.12. The van der Waals surface area contributed by atoms with E-state index in [2.05, 4.69) is 9.59 Å². The zero-order valence-corrected chi connectivity index (χ0v) is 10.4. The Morgan fingerprint density at radius 1 is 1.31 bits per heavy atom. The molecular weight excluding hydrogens is 267 g/mol. The molecule has 1 aromatic heterocycles. The van der Waals surface area contributed by atoms with Gasteiger partial charge in [-0.05, 0) is 29.2 Å². The van der Waals surface area contributed by atoms with Gasteiger partial charge in [0, 0.05) is 11.8 Å². The largest absolute Gasteiger partial charge is 0.386 e. The lowest BCUT2D eigenvalue weighted by molar-refractivity contribution is 0.173. The summed E-state index contributed by atoms with van der Waals surface area (Å²) in [4.78, 5) is 0. The summed E-state index contributed by atoms with van der Waals surface area (Å²) in [5.74, 6) is 0. The fourth-order valence-corrected chi connectivity index (χ4v) is 2.13. The van der Waals surface area contributed by atoms with E-state index in [9.17, 15) is 5.11 Å².